The van der Waals surface area contributed by atoms with E-state index < -0.39 is 11.9 Å². The molecule has 0 bridgehead atoms. The van der Waals surface area contributed by atoms with Crippen molar-refractivity contribution in [1.29, 1.82) is 0 Å². The molecule has 2 rings (SSSR count). The smallest absolute Gasteiger partial charge is 0.411 e. The van der Waals surface area contributed by atoms with E-state index in [1.807, 2.05) is 30.3 Å². The molecule has 0 saturated heterocycles. The van der Waals surface area contributed by atoms with Crippen molar-refractivity contribution < 1.29 is 19.0 Å². The average molecular weight is 275 g/mol. The molecule has 104 valence electrons. The molecule has 0 aliphatic carbocycles. The fraction of sp³-hybridized carbons (Fsp3) is 0.133. The second-order valence-electron chi connectivity index (χ2n) is 4.15. The fourth-order valence-electron chi connectivity index (χ4n) is 1.67. The van der Waals surface area contributed by atoms with E-state index in [0.717, 1.165) is 11.6 Å². The van der Waals surface area contributed by atoms with Crippen LogP contribution in [0.3, 0.4) is 0 Å². The lowest BCUT2D eigenvalue weighted by molar-refractivity contribution is 0.155. The Kier molecular flexibility index (Phi) is 4.68. The first kappa shape index (κ1) is 14.0. The van der Waals surface area contributed by atoms with E-state index in [1.54, 1.807) is 0 Å². The molecule has 0 aliphatic rings. The molecule has 0 unspecified atom stereocenters. The topological polar surface area (TPSA) is 58.6 Å². The molecule has 2 aromatic carbocycles. The highest BCUT2D eigenvalue weighted by atomic mass is 19.1. The predicted octanol–water partition coefficient (Wildman–Crippen LogP) is 3.07. The van der Waals surface area contributed by atoms with Gasteiger partial charge in [-0.05, 0) is 17.7 Å². The van der Waals surface area contributed by atoms with Gasteiger partial charge in [-0.3, -0.25) is 5.32 Å². The van der Waals surface area contributed by atoms with Gasteiger partial charge in [0.1, 0.15) is 12.4 Å². The van der Waals surface area contributed by atoms with Crippen molar-refractivity contribution in [3.63, 3.8) is 0 Å². The molecule has 0 heterocycles. The largest absolute Gasteiger partial charge is 0.444 e. The molecule has 0 radical (unpaired) electrons. The van der Waals surface area contributed by atoms with Crippen LogP contribution in [0.15, 0.2) is 48.5 Å². The molecule has 0 aliphatic heterocycles. The van der Waals surface area contributed by atoms with Crippen LogP contribution in [-0.2, 0) is 18.0 Å². The normalized spacial score (nSPS) is 10.1. The van der Waals surface area contributed by atoms with E-state index >= 15 is 0 Å². The van der Waals surface area contributed by atoms with Crippen molar-refractivity contribution in [2.24, 2.45) is 0 Å². The van der Waals surface area contributed by atoms with Crippen molar-refractivity contribution in [1.82, 2.24) is 0 Å². The molecule has 4 nitrogen and oxygen atoms in total. The monoisotopic (exact) mass is 275 g/mol. The maximum absolute atomic E-state index is 13.1. The minimum absolute atomic E-state index is 0.121. The van der Waals surface area contributed by atoms with Crippen molar-refractivity contribution in [3.8, 4) is 0 Å². The number of hydrogen-bond acceptors (Lipinski definition) is 3. The third-order valence-electron chi connectivity index (χ3n) is 2.69. The summed E-state index contributed by atoms with van der Waals surface area (Å²) < 4.78 is 18.1. The summed E-state index contributed by atoms with van der Waals surface area (Å²) in [6, 6.07) is 13.0. The molecule has 0 fully saturated rings. The maximum Gasteiger partial charge on any atom is 0.411 e. The summed E-state index contributed by atoms with van der Waals surface area (Å²) in [6.45, 7) is -0.176. The van der Waals surface area contributed by atoms with Gasteiger partial charge in [-0.2, -0.15) is 0 Å². The molecule has 1 amide bonds. The predicted molar refractivity (Wildman–Crippen MR) is 72.6 cm³/mol. The first-order valence-electron chi connectivity index (χ1n) is 6.06. The van der Waals surface area contributed by atoms with Crippen LogP contribution in [0.5, 0.6) is 0 Å². The van der Waals surface area contributed by atoms with E-state index in [0.29, 0.717) is 5.56 Å². The van der Waals surface area contributed by atoms with Crippen LogP contribution in [0.25, 0.3) is 0 Å². The van der Waals surface area contributed by atoms with Crippen LogP contribution in [-0.4, -0.2) is 11.2 Å². The number of rotatable bonds is 4. The molecule has 5 heteroatoms. The van der Waals surface area contributed by atoms with E-state index in [2.05, 4.69) is 5.32 Å². The number of nitrogens with one attached hydrogen (secondary N) is 1. The highest BCUT2D eigenvalue weighted by molar-refractivity contribution is 5.85. The highest BCUT2D eigenvalue weighted by Crippen LogP contribution is 2.17. The number of halogens is 1. The summed E-state index contributed by atoms with van der Waals surface area (Å²) >= 11 is 0. The Balaban J connectivity index is 1.96. The van der Waals surface area contributed by atoms with Crippen molar-refractivity contribution >= 4 is 11.8 Å². The summed E-state index contributed by atoms with van der Waals surface area (Å²) in [4.78, 5) is 11.6. The lowest BCUT2D eigenvalue weighted by Gasteiger charge is -2.10. The van der Waals surface area contributed by atoms with E-state index in [4.69, 9.17) is 9.84 Å². The van der Waals surface area contributed by atoms with E-state index in [-0.39, 0.29) is 18.9 Å². The lowest BCUT2D eigenvalue weighted by Crippen LogP contribution is -2.15. The average Bonchev–Trinajstić information content (AvgIpc) is 2.46. The van der Waals surface area contributed by atoms with Crippen LogP contribution in [0, 0.1) is 5.82 Å². The minimum Gasteiger partial charge on any atom is -0.444 e. The third kappa shape index (κ3) is 3.80. The van der Waals surface area contributed by atoms with Crippen LogP contribution < -0.4 is 5.32 Å². The van der Waals surface area contributed by atoms with Gasteiger partial charge in [0.2, 0.25) is 0 Å². The molecule has 0 saturated carbocycles. The summed E-state index contributed by atoms with van der Waals surface area (Å²) in [6.07, 6.45) is -0.700. The number of carbonyl (C=O) groups excluding carboxylic acids is 1. The van der Waals surface area contributed by atoms with Gasteiger partial charge in [0.25, 0.3) is 0 Å². The van der Waals surface area contributed by atoms with E-state index in [1.165, 1.54) is 12.1 Å². The van der Waals surface area contributed by atoms with Gasteiger partial charge in [0, 0.05) is 5.56 Å². The van der Waals surface area contributed by atoms with E-state index in [9.17, 15) is 9.18 Å². The number of aliphatic hydroxyl groups is 1. The van der Waals surface area contributed by atoms with Gasteiger partial charge in [-0.1, -0.05) is 36.4 Å². The zero-order valence-electron chi connectivity index (χ0n) is 10.7. The number of anilines is 1. The van der Waals surface area contributed by atoms with Gasteiger partial charge in [0.05, 0.1) is 12.3 Å². The Bertz CT molecular complexity index is 587. The van der Waals surface area contributed by atoms with Crippen LogP contribution >= 0.6 is 0 Å². The number of benzene rings is 2. The van der Waals surface area contributed by atoms with Crippen LogP contribution in [0.4, 0.5) is 14.9 Å². The molecule has 0 atom stereocenters. The second-order valence-corrected chi connectivity index (χ2v) is 4.15. The minimum atomic E-state index is -0.700. The summed E-state index contributed by atoms with van der Waals surface area (Å²) in [5.74, 6) is -0.499. The number of aliphatic hydroxyl groups excluding tert-OH is 1. The molecule has 2 N–H and O–H groups in total. The van der Waals surface area contributed by atoms with Crippen molar-refractivity contribution in [2.75, 3.05) is 5.32 Å². The van der Waals surface area contributed by atoms with Gasteiger partial charge < -0.3 is 9.84 Å². The molecule has 2 aromatic rings. The number of carbonyl (C=O) groups is 1. The molecular weight excluding hydrogens is 261 g/mol. The fourth-order valence-corrected chi connectivity index (χ4v) is 1.67. The number of amides is 1. The Morgan fingerprint density at radius 3 is 2.65 bits per heavy atom. The van der Waals surface area contributed by atoms with Gasteiger partial charge in [-0.25, -0.2) is 9.18 Å². The molecule has 0 spiro atoms. The number of ether oxygens (including phenoxy) is 1. The SMILES string of the molecule is O=C(Nc1cc(F)ccc1CO)OCc1ccccc1. The molecule has 20 heavy (non-hydrogen) atoms. The highest BCUT2D eigenvalue weighted by Gasteiger charge is 2.08. The number of hydrogen-bond donors (Lipinski definition) is 2. The second kappa shape index (κ2) is 6.68. The van der Waals surface area contributed by atoms with Crippen LogP contribution in [0.1, 0.15) is 11.1 Å². The Morgan fingerprint density at radius 1 is 1.20 bits per heavy atom. The third-order valence-corrected chi connectivity index (χ3v) is 2.69. The van der Waals surface area contributed by atoms with Crippen molar-refractivity contribution in [2.45, 2.75) is 13.2 Å². The van der Waals surface area contributed by atoms with Crippen LogP contribution in [0.2, 0.25) is 0 Å². The van der Waals surface area contributed by atoms with Gasteiger partial charge >= 0.3 is 6.09 Å². The summed E-state index contributed by atoms with van der Waals surface area (Å²) in [5, 5.41) is 11.5. The van der Waals surface area contributed by atoms with Crippen molar-refractivity contribution in [3.05, 3.63) is 65.5 Å². The molecule has 0 aromatic heterocycles. The quantitative estimate of drug-likeness (QED) is 0.901. The van der Waals surface area contributed by atoms with Gasteiger partial charge in [-0.15, -0.1) is 0 Å². The maximum atomic E-state index is 13.1. The Morgan fingerprint density at radius 2 is 1.95 bits per heavy atom. The summed E-state index contributed by atoms with van der Waals surface area (Å²) in [7, 11) is 0. The first-order chi connectivity index (χ1) is 9.69. The Hall–Kier alpha value is -2.40. The molecular formula is C15H14FNO3. The zero-order chi connectivity index (χ0) is 14.4. The standard InChI is InChI=1S/C15H14FNO3/c16-13-7-6-12(9-18)14(8-13)17-15(19)20-10-11-4-2-1-3-5-11/h1-8,18H,9-10H2,(H,17,19). The first-order valence-corrected chi connectivity index (χ1v) is 6.06. The summed E-state index contributed by atoms with van der Waals surface area (Å²) in [5.41, 5.74) is 1.47. The zero-order valence-corrected chi connectivity index (χ0v) is 10.7. The lowest BCUT2D eigenvalue weighted by atomic mass is 10.2. The van der Waals surface area contributed by atoms with Gasteiger partial charge in [0.15, 0.2) is 0 Å². The Labute approximate surface area is 115 Å².